The van der Waals surface area contributed by atoms with Gasteiger partial charge in [-0.05, 0) is 42.8 Å². The van der Waals surface area contributed by atoms with E-state index in [1.165, 1.54) is 6.20 Å². The highest BCUT2D eigenvalue weighted by Gasteiger charge is 2.25. The van der Waals surface area contributed by atoms with Crippen molar-refractivity contribution >= 4 is 39.9 Å². The number of fused-ring (bicyclic) bond motifs is 1. The molecule has 1 amide bonds. The highest BCUT2D eigenvalue weighted by atomic mass is 35.5. The van der Waals surface area contributed by atoms with Gasteiger partial charge in [-0.3, -0.25) is 14.6 Å². The first-order valence-electron chi connectivity index (χ1n) is 9.12. The Labute approximate surface area is 173 Å². The molecule has 2 aromatic heterocycles. The molecule has 0 aliphatic carbocycles. The number of halogens is 1. The summed E-state index contributed by atoms with van der Waals surface area (Å²) in [5, 5.41) is 4.05. The SMILES string of the molecule is Cc1c(C(=O)C(=O)Nc2cccnc2)c2ccccc2n1Cc1ccc(Cl)cc1. The van der Waals surface area contributed by atoms with Gasteiger partial charge < -0.3 is 9.88 Å². The van der Waals surface area contributed by atoms with Gasteiger partial charge in [0, 0.05) is 34.4 Å². The predicted molar refractivity (Wildman–Crippen MR) is 114 cm³/mol. The second-order valence-corrected chi connectivity index (χ2v) is 7.15. The van der Waals surface area contributed by atoms with E-state index in [4.69, 9.17) is 11.6 Å². The molecule has 6 heteroatoms. The fourth-order valence-electron chi connectivity index (χ4n) is 3.43. The van der Waals surface area contributed by atoms with E-state index in [-0.39, 0.29) is 0 Å². The standard InChI is InChI=1S/C23H18ClN3O2/c1-15-21(22(28)23(29)26-18-5-4-12-25-13-18)19-6-2-3-7-20(19)27(15)14-16-8-10-17(24)11-9-16/h2-13H,14H2,1H3,(H,26,29). The van der Waals surface area contributed by atoms with Gasteiger partial charge in [0.2, 0.25) is 0 Å². The Bertz CT molecular complexity index is 1200. The first-order chi connectivity index (χ1) is 14.0. The number of anilines is 1. The molecule has 0 atom stereocenters. The number of aromatic nitrogens is 2. The van der Waals surface area contributed by atoms with Crippen LogP contribution in [0.25, 0.3) is 10.9 Å². The molecule has 0 saturated heterocycles. The third-order valence-corrected chi connectivity index (χ3v) is 5.09. The minimum absolute atomic E-state index is 0.413. The Balaban J connectivity index is 1.72. The van der Waals surface area contributed by atoms with Crippen LogP contribution in [0.4, 0.5) is 5.69 Å². The first kappa shape index (κ1) is 18.9. The Morgan fingerprint density at radius 3 is 2.52 bits per heavy atom. The second-order valence-electron chi connectivity index (χ2n) is 6.72. The van der Waals surface area contributed by atoms with Crippen LogP contribution >= 0.6 is 11.6 Å². The smallest absolute Gasteiger partial charge is 0.296 e. The van der Waals surface area contributed by atoms with Crippen molar-refractivity contribution in [2.24, 2.45) is 0 Å². The molecule has 4 aromatic rings. The fourth-order valence-corrected chi connectivity index (χ4v) is 3.56. The molecular formula is C23H18ClN3O2. The zero-order chi connectivity index (χ0) is 20.4. The van der Waals surface area contributed by atoms with Crippen LogP contribution in [-0.4, -0.2) is 21.2 Å². The molecule has 0 saturated carbocycles. The number of carbonyl (C=O) groups is 2. The molecule has 5 nitrogen and oxygen atoms in total. The second kappa shape index (κ2) is 7.89. The molecule has 1 N–H and O–H groups in total. The topological polar surface area (TPSA) is 64.0 Å². The van der Waals surface area contributed by atoms with E-state index in [9.17, 15) is 9.59 Å². The Morgan fingerprint density at radius 2 is 1.79 bits per heavy atom. The molecule has 0 radical (unpaired) electrons. The van der Waals surface area contributed by atoms with Crippen molar-refractivity contribution in [2.45, 2.75) is 13.5 Å². The van der Waals surface area contributed by atoms with Crippen molar-refractivity contribution < 1.29 is 9.59 Å². The van der Waals surface area contributed by atoms with Crippen LogP contribution in [0.15, 0.2) is 73.1 Å². The maximum absolute atomic E-state index is 13.0. The van der Waals surface area contributed by atoms with Gasteiger partial charge in [0.1, 0.15) is 0 Å². The normalized spacial score (nSPS) is 10.8. The van der Waals surface area contributed by atoms with Gasteiger partial charge >= 0.3 is 0 Å². The average Bonchev–Trinajstić information content (AvgIpc) is 3.01. The summed E-state index contributed by atoms with van der Waals surface area (Å²) in [6.45, 7) is 2.43. The van der Waals surface area contributed by atoms with Gasteiger partial charge in [0.05, 0.1) is 17.4 Å². The van der Waals surface area contributed by atoms with E-state index in [1.54, 1.807) is 18.3 Å². The molecule has 2 aromatic carbocycles. The summed E-state index contributed by atoms with van der Waals surface area (Å²) in [5.41, 5.74) is 3.59. The van der Waals surface area contributed by atoms with Crippen LogP contribution in [0.5, 0.6) is 0 Å². The summed E-state index contributed by atoms with van der Waals surface area (Å²) in [5.74, 6) is -1.26. The average molecular weight is 404 g/mol. The summed E-state index contributed by atoms with van der Waals surface area (Å²) in [6.07, 6.45) is 3.11. The van der Waals surface area contributed by atoms with Gasteiger partial charge in [0.15, 0.2) is 0 Å². The Kier molecular flexibility index (Phi) is 5.14. The number of rotatable bonds is 5. The van der Waals surface area contributed by atoms with Gasteiger partial charge in [-0.1, -0.05) is 41.9 Å². The summed E-state index contributed by atoms with van der Waals surface area (Å²) in [6, 6.07) is 18.6. The van der Waals surface area contributed by atoms with E-state index in [0.29, 0.717) is 22.8 Å². The van der Waals surface area contributed by atoms with Crippen molar-refractivity contribution in [1.29, 1.82) is 0 Å². The minimum Gasteiger partial charge on any atom is -0.340 e. The number of pyridine rings is 1. The molecule has 0 spiro atoms. The number of carbonyl (C=O) groups excluding carboxylic acids is 2. The number of para-hydroxylation sites is 1. The molecular weight excluding hydrogens is 386 g/mol. The van der Waals surface area contributed by atoms with Crippen molar-refractivity contribution in [2.75, 3.05) is 5.32 Å². The zero-order valence-electron chi connectivity index (χ0n) is 15.7. The van der Waals surface area contributed by atoms with Crippen molar-refractivity contribution in [3.05, 3.63) is 94.9 Å². The number of benzene rings is 2. The largest absolute Gasteiger partial charge is 0.340 e. The van der Waals surface area contributed by atoms with Gasteiger partial charge in [0.25, 0.3) is 11.7 Å². The quantitative estimate of drug-likeness (QED) is 0.382. The molecule has 0 aliphatic heterocycles. The van der Waals surface area contributed by atoms with E-state index < -0.39 is 11.7 Å². The summed E-state index contributed by atoms with van der Waals surface area (Å²) >= 11 is 5.99. The molecule has 4 rings (SSSR count). The number of ketones is 1. The van der Waals surface area contributed by atoms with Crippen molar-refractivity contribution in [3.63, 3.8) is 0 Å². The van der Waals surface area contributed by atoms with Crippen molar-refractivity contribution in [1.82, 2.24) is 9.55 Å². The van der Waals surface area contributed by atoms with E-state index in [0.717, 1.165) is 22.2 Å². The van der Waals surface area contributed by atoms with Crippen LogP contribution in [-0.2, 0) is 11.3 Å². The lowest BCUT2D eigenvalue weighted by molar-refractivity contribution is -0.112. The fraction of sp³-hybridized carbons (Fsp3) is 0.0870. The monoisotopic (exact) mass is 403 g/mol. The molecule has 29 heavy (non-hydrogen) atoms. The number of amides is 1. The molecule has 2 heterocycles. The number of nitrogens with one attached hydrogen (secondary N) is 1. The summed E-state index contributed by atoms with van der Waals surface area (Å²) < 4.78 is 2.04. The van der Waals surface area contributed by atoms with Gasteiger partial charge in [-0.15, -0.1) is 0 Å². The number of nitrogens with zero attached hydrogens (tertiary/aromatic N) is 2. The zero-order valence-corrected chi connectivity index (χ0v) is 16.5. The van der Waals surface area contributed by atoms with E-state index in [2.05, 4.69) is 10.3 Å². The number of Topliss-reactive ketones (excluding diaryl/α,β-unsaturated/α-hetero) is 1. The molecule has 0 bridgehead atoms. The Morgan fingerprint density at radius 1 is 1.03 bits per heavy atom. The van der Waals surface area contributed by atoms with Crippen LogP contribution < -0.4 is 5.32 Å². The van der Waals surface area contributed by atoms with Crippen LogP contribution in [0.1, 0.15) is 21.6 Å². The van der Waals surface area contributed by atoms with Crippen LogP contribution in [0, 0.1) is 6.92 Å². The van der Waals surface area contributed by atoms with Crippen LogP contribution in [0.2, 0.25) is 5.02 Å². The van der Waals surface area contributed by atoms with Crippen molar-refractivity contribution in [3.8, 4) is 0 Å². The third kappa shape index (κ3) is 3.77. The highest BCUT2D eigenvalue weighted by Crippen LogP contribution is 2.28. The first-order valence-corrected chi connectivity index (χ1v) is 9.50. The summed E-state index contributed by atoms with van der Waals surface area (Å²) in [4.78, 5) is 29.6. The lowest BCUT2D eigenvalue weighted by Crippen LogP contribution is -2.23. The highest BCUT2D eigenvalue weighted by molar-refractivity contribution is 6.48. The molecule has 0 unspecified atom stereocenters. The van der Waals surface area contributed by atoms with Gasteiger partial charge in [-0.25, -0.2) is 0 Å². The lowest BCUT2D eigenvalue weighted by atomic mass is 10.1. The number of hydrogen-bond acceptors (Lipinski definition) is 3. The maximum atomic E-state index is 13.0. The van der Waals surface area contributed by atoms with Gasteiger partial charge in [-0.2, -0.15) is 0 Å². The Hall–Kier alpha value is -3.44. The predicted octanol–water partition coefficient (Wildman–Crippen LogP) is 4.87. The minimum atomic E-state index is -0.685. The van der Waals surface area contributed by atoms with Crippen LogP contribution in [0.3, 0.4) is 0 Å². The molecule has 0 fully saturated rings. The third-order valence-electron chi connectivity index (χ3n) is 4.84. The molecule has 0 aliphatic rings. The van der Waals surface area contributed by atoms with E-state index in [1.807, 2.05) is 60.0 Å². The summed E-state index contributed by atoms with van der Waals surface area (Å²) in [7, 11) is 0. The van der Waals surface area contributed by atoms with E-state index >= 15 is 0 Å². The molecule has 144 valence electrons. The number of hydrogen-bond donors (Lipinski definition) is 1. The lowest BCUT2D eigenvalue weighted by Gasteiger charge is -2.09. The maximum Gasteiger partial charge on any atom is 0.296 e.